The Hall–Kier alpha value is -1.43. The largest absolute Gasteiger partial charge is 0.331 e. The molecular weight excluding hydrogens is 286 g/mol. The third-order valence-corrected chi connectivity index (χ3v) is 5.21. The van der Waals surface area contributed by atoms with Gasteiger partial charge >= 0.3 is 11.8 Å². The van der Waals surface area contributed by atoms with Gasteiger partial charge in [-0.25, -0.2) is 4.98 Å². The number of amides is 2. The summed E-state index contributed by atoms with van der Waals surface area (Å²) in [5.41, 5.74) is 0.377. The van der Waals surface area contributed by atoms with Crippen molar-refractivity contribution < 1.29 is 9.59 Å². The highest BCUT2D eigenvalue weighted by Crippen LogP contribution is 2.52. The molecule has 1 aliphatic carbocycles. The monoisotopic (exact) mass is 307 g/mol. The molecule has 2 heterocycles. The molecule has 1 N–H and O–H groups in total. The van der Waals surface area contributed by atoms with E-state index >= 15 is 0 Å². The highest BCUT2D eigenvalue weighted by Gasteiger charge is 2.51. The zero-order valence-electron chi connectivity index (χ0n) is 12.7. The molecule has 2 amide bonds. The number of nitrogens with zero attached hydrogens (tertiary/aromatic N) is 2. The number of carbonyl (C=O) groups is 2. The first-order valence-corrected chi connectivity index (χ1v) is 8.18. The second-order valence-corrected chi connectivity index (χ2v) is 8.33. The van der Waals surface area contributed by atoms with Crippen LogP contribution in [0.5, 0.6) is 0 Å². The molecule has 0 aromatic carbocycles. The zero-order chi connectivity index (χ0) is 15.3. The Morgan fingerprint density at radius 1 is 1.38 bits per heavy atom. The minimum Gasteiger partial charge on any atom is -0.331 e. The number of likely N-dealkylation sites (tertiary alicyclic amines) is 1. The van der Waals surface area contributed by atoms with Crippen LogP contribution in [0.1, 0.15) is 40.0 Å². The number of nitrogens with one attached hydrogen (secondary N) is 1. The van der Waals surface area contributed by atoms with E-state index in [1.807, 2.05) is 0 Å². The van der Waals surface area contributed by atoms with E-state index in [4.69, 9.17) is 0 Å². The minimum absolute atomic E-state index is 0.142. The third kappa shape index (κ3) is 2.81. The molecule has 1 aromatic rings. The van der Waals surface area contributed by atoms with Gasteiger partial charge in [-0.2, -0.15) is 0 Å². The van der Waals surface area contributed by atoms with Crippen molar-refractivity contribution in [1.29, 1.82) is 0 Å². The molecule has 1 saturated heterocycles. The topological polar surface area (TPSA) is 62.3 Å². The van der Waals surface area contributed by atoms with Crippen LogP contribution < -0.4 is 5.32 Å². The van der Waals surface area contributed by atoms with Crippen molar-refractivity contribution in [2.75, 3.05) is 11.9 Å². The van der Waals surface area contributed by atoms with Crippen molar-refractivity contribution >= 4 is 28.3 Å². The summed E-state index contributed by atoms with van der Waals surface area (Å²) in [6.45, 7) is 7.42. The van der Waals surface area contributed by atoms with Gasteiger partial charge < -0.3 is 4.90 Å². The highest BCUT2D eigenvalue weighted by molar-refractivity contribution is 7.13. The molecule has 2 fully saturated rings. The summed E-state index contributed by atoms with van der Waals surface area (Å²) in [6.07, 6.45) is 4.69. The third-order valence-electron chi connectivity index (χ3n) is 4.52. The number of anilines is 1. The summed E-state index contributed by atoms with van der Waals surface area (Å²) in [4.78, 5) is 30.3. The summed E-state index contributed by atoms with van der Waals surface area (Å²) in [7, 11) is 0. The standard InChI is InChI=1S/C15H21N3O2S/c1-14(2)6-10-7-15(3,8-14)9-18(10)12(20)11(19)17-13-16-4-5-21-13/h4-5,10H,6-9H2,1-3H3,(H,16,17,19). The van der Waals surface area contributed by atoms with Gasteiger partial charge in [-0.15, -0.1) is 11.3 Å². The van der Waals surface area contributed by atoms with Gasteiger partial charge in [0, 0.05) is 24.2 Å². The molecule has 0 radical (unpaired) electrons. The van der Waals surface area contributed by atoms with Gasteiger partial charge in [-0.3, -0.25) is 14.9 Å². The van der Waals surface area contributed by atoms with Crippen LogP contribution in [0.3, 0.4) is 0 Å². The van der Waals surface area contributed by atoms with E-state index in [0.29, 0.717) is 11.7 Å². The quantitative estimate of drug-likeness (QED) is 0.811. The molecule has 5 nitrogen and oxygen atoms in total. The van der Waals surface area contributed by atoms with Crippen LogP contribution in [-0.2, 0) is 9.59 Å². The summed E-state index contributed by atoms with van der Waals surface area (Å²) >= 11 is 1.32. The molecule has 2 atom stereocenters. The lowest BCUT2D eigenvalue weighted by atomic mass is 9.65. The molecule has 21 heavy (non-hydrogen) atoms. The predicted octanol–water partition coefficient (Wildman–Crippen LogP) is 2.51. The molecule has 1 aromatic heterocycles. The molecule has 114 valence electrons. The maximum Gasteiger partial charge on any atom is 0.315 e. The second-order valence-electron chi connectivity index (χ2n) is 7.44. The van der Waals surface area contributed by atoms with Crippen LogP contribution in [0.2, 0.25) is 0 Å². The van der Waals surface area contributed by atoms with E-state index in [-0.39, 0.29) is 16.9 Å². The minimum atomic E-state index is -0.570. The van der Waals surface area contributed by atoms with Crippen molar-refractivity contribution in [2.45, 2.75) is 46.1 Å². The van der Waals surface area contributed by atoms with Crippen molar-refractivity contribution in [3.63, 3.8) is 0 Å². The smallest absolute Gasteiger partial charge is 0.315 e. The average Bonchev–Trinajstić information content (AvgIpc) is 2.93. The maximum atomic E-state index is 12.5. The Morgan fingerprint density at radius 3 is 2.81 bits per heavy atom. The second kappa shape index (κ2) is 4.80. The maximum absolute atomic E-state index is 12.5. The van der Waals surface area contributed by atoms with Crippen molar-refractivity contribution in [3.8, 4) is 0 Å². The van der Waals surface area contributed by atoms with Crippen LogP contribution in [0, 0.1) is 10.8 Å². The van der Waals surface area contributed by atoms with Crippen molar-refractivity contribution in [2.24, 2.45) is 10.8 Å². The highest BCUT2D eigenvalue weighted by atomic mass is 32.1. The van der Waals surface area contributed by atoms with Crippen molar-refractivity contribution in [3.05, 3.63) is 11.6 Å². The summed E-state index contributed by atoms with van der Waals surface area (Å²) in [6, 6.07) is 0.188. The molecule has 3 rings (SSSR count). The average molecular weight is 307 g/mol. The van der Waals surface area contributed by atoms with Gasteiger partial charge in [0.1, 0.15) is 0 Å². The Morgan fingerprint density at radius 2 is 2.14 bits per heavy atom. The molecule has 2 unspecified atom stereocenters. The fourth-order valence-corrected chi connectivity index (χ4v) is 4.79. The number of aromatic nitrogens is 1. The molecular formula is C15H21N3O2S. The summed E-state index contributed by atoms with van der Waals surface area (Å²) in [5.74, 6) is -0.990. The lowest BCUT2D eigenvalue weighted by Crippen LogP contribution is -2.43. The van der Waals surface area contributed by atoms with E-state index in [1.54, 1.807) is 16.5 Å². The molecule has 6 heteroatoms. The molecule has 0 spiro atoms. The summed E-state index contributed by atoms with van der Waals surface area (Å²) < 4.78 is 0. The van der Waals surface area contributed by atoms with Gasteiger partial charge in [0.2, 0.25) is 0 Å². The van der Waals surface area contributed by atoms with Gasteiger partial charge in [0.15, 0.2) is 5.13 Å². The lowest BCUT2D eigenvalue weighted by molar-refractivity contribution is -0.144. The van der Waals surface area contributed by atoms with Crippen LogP contribution in [0.4, 0.5) is 5.13 Å². The van der Waals surface area contributed by atoms with Crippen LogP contribution in [0.15, 0.2) is 11.6 Å². The normalized spacial score (nSPS) is 30.2. The first-order chi connectivity index (χ1) is 9.78. The number of hydrogen-bond acceptors (Lipinski definition) is 4. The number of fused-ring (bicyclic) bond motifs is 2. The van der Waals surface area contributed by atoms with Gasteiger partial charge in [-0.1, -0.05) is 20.8 Å². The van der Waals surface area contributed by atoms with Crippen molar-refractivity contribution in [1.82, 2.24) is 9.88 Å². The Balaban J connectivity index is 1.72. The van der Waals surface area contributed by atoms with E-state index in [0.717, 1.165) is 19.3 Å². The number of carbonyl (C=O) groups excluding carboxylic acids is 2. The van der Waals surface area contributed by atoms with Gasteiger partial charge in [0.05, 0.1) is 0 Å². The SMILES string of the molecule is CC1(C)CC2CC(C)(CN2C(=O)C(=O)Nc2nccs2)C1. The first-order valence-electron chi connectivity index (χ1n) is 7.30. The lowest BCUT2D eigenvalue weighted by Gasteiger charge is -2.39. The van der Waals surface area contributed by atoms with E-state index in [9.17, 15) is 9.59 Å². The number of thiazole rings is 1. The first kappa shape index (κ1) is 14.5. The zero-order valence-corrected chi connectivity index (χ0v) is 13.5. The fourth-order valence-electron chi connectivity index (χ4n) is 4.26. The number of hydrogen-bond donors (Lipinski definition) is 1. The summed E-state index contributed by atoms with van der Waals surface area (Å²) in [5, 5.41) is 4.83. The van der Waals surface area contributed by atoms with E-state index in [1.165, 1.54) is 11.3 Å². The van der Waals surface area contributed by atoms with E-state index in [2.05, 4.69) is 31.1 Å². The van der Waals surface area contributed by atoms with E-state index < -0.39 is 11.8 Å². The van der Waals surface area contributed by atoms with Gasteiger partial charge in [0.25, 0.3) is 0 Å². The van der Waals surface area contributed by atoms with Crippen LogP contribution in [-0.4, -0.2) is 34.3 Å². The Bertz CT molecular complexity index is 569. The Kier molecular flexibility index (Phi) is 3.31. The fraction of sp³-hybridized carbons (Fsp3) is 0.667. The van der Waals surface area contributed by atoms with Crippen LogP contribution >= 0.6 is 11.3 Å². The van der Waals surface area contributed by atoms with Crippen LogP contribution in [0.25, 0.3) is 0 Å². The van der Waals surface area contributed by atoms with Gasteiger partial charge in [-0.05, 0) is 30.1 Å². The predicted molar refractivity (Wildman–Crippen MR) is 82.0 cm³/mol. The molecule has 2 bridgehead atoms. The molecule has 1 aliphatic heterocycles. The molecule has 1 saturated carbocycles. The Labute approximate surface area is 128 Å². The number of rotatable bonds is 1. The molecule has 2 aliphatic rings.